The molecule has 1 N–H and O–H groups in total. The van der Waals surface area contributed by atoms with Crippen LogP contribution in [-0.4, -0.2) is 21.0 Å². The normalized spacial score (nSPS) is 12.7. The van der Waals surface area contributed by atoms with Gasteiger partial charge in [0.2, 0.25) is 0 Å². The van der Waals surface area contributed by atoms with Gasteiger partial charge in [0.1, 0.15) is 11.9 Å². The van der Waals surface area contributed by atoms with E-state index in [0.717, 1.165) is 16.8 Å². The SMILES string of the molecule is Cc1c(C(O)c2ccccc2OC(C)C)cnn1C. The predicted octanol–water partition coefficient (Wildman–Crippen LogP) is 2.60. The number of rotatable bonds is 4. The monoisotopic (exact) mass is 260 g/mol. The van der Waals surface area contributed by atoms with Crippen molar-refractivity contribution in [3.05, 3.63) is 47.3 Å². The molecule has 0 aliphatic rings. The van der Waals surface area contributed by atoms with Crippen molar-refractivity contribution in [1.82, 2.24) is 9.78 Å². The van der Waals surface area contributed by atoms with Crippen LogP contribution < -0.4 is 4.74 Å². The Morgan fingerprint density at radius 2 is 1.89 bits per heavy atom. The average Bonchev–Trinajstić information content (AvgIpc) is 2.69. The number of hydrogen-bond acceptors (Lipinski definition) is 3. The van der Waals surface area contributed by atoms with Crippen LogP contribution in [0.25, 0.3) is 0 Å². The maximum Gasteiger partial charge on any atom is 0.125 e. The van der Waals surface area contributed by atoms with Crippen molar-refractivity contribution in [3.63, 3.8) is 0 Å². The molecule has 0 fully saturated rings. The number of ether oxygens (including phenoxy) is 1. The van der Waals surface area contributed by atoms with Crippen LogP contribution in [0.2, 0.25) is 0 Å². The fourth-order valence-corrected chi connectivity index (χ4v) is 2.02. The Hall–Kier alpha value is -1.81. The van der Waals surface area contributed by atoms with E-state index in [4.69, 9.17) is 4.74 Å². The van der Waals surface area contributed by atoms with Crippen molar-refractivity contribution in [2.24, 2.45) is 7.05 Å². The van der Waals surface area contributed by atoms with Crippen LogP contribution in [0.5, 0.6) is 5.75 Å². The topological polar surface area (TPSA) is 47.3 Å². The Morgan fingerprint density at radius 1 is 1.21 bits per heavy atom. The third kappa shape index (κ3) is 2.79. The molecule has 2 aromatic rings. The maximum atomic E-state index is 10.5. The summed E-state index contributed by atoms with van der Waals surface area (Å²) < 4.78 is 7.50. The average molecular weight is 260 g/mol. The lowest BCUT2D eigenvalue weighted by Gasteiger charge is -2.18. The highest BCUT2D eigenvalue weighted by Gasteiger charge is 2.19. The molecule has 19 heavy (non-hydrogen) atoms. The van der Waals surface area contributed by atoms with Crippen LogP contribution in [0.3, 0.4) is 0 Å². The van der Waals surface area contributed by atoms with E-state index in [1.165, 1.54) is 0 Å². The van der Waals surface area contributed by atoms with Gasteiger partial charge in [0.25, 0.3) is 0 Å². The lowest BCUT2D eigenvalue weighted by atomic mass is 10.0. The standard InChI is InChI=1S/C15H20N2O2/c1-10(2)19-14-8-6-5-7-12(14)15(18)13-9-16-17(4)11(13)3/h5-10,15,18H,1-4H3. The molecule has 0 aliphatic heterocycles. The Balaban J connectivity index is 2.38. The minimum Gasteiger partial charge on any atom is -0.491 e. The first-order chi connectivity index (χ1) is 9.00. The molecule has 0 spiro atoms. The van der Waals surface area contributed by atoms with Gasteiger partial charge in [-0.15, -0.1) is 0 Å². The number of benzene rings is 1. The summed E-state index contributed by atoms with van der Waals surface area (Å²) in [6.07, 6.45) is 1.05. The smallest absolute Gasteiger partial charge is 0.125 e. The zero-order valence-corrected chi connectivity index (χ0v) is 11.8. The number of aliphatic hydroxyl groups excluding tert-OH is 1. The summed E-state index contributed by atoms with van der Waals surface area (Å²) in [5.74, 6) is 0.716. The molecule has 0 amide bonds. The van der Waals surface area contributed by atoms with E-state index in [9.17, 15) is 5.11 Å². The van der Waals surface area contributed by atoms with Crippen molar-refractivity contribution < 1.29 is 9.84 Å². The van der Waals surface area contributed by atoms with Crippen molar-refractivity contribution in [1.29, 1.82) is 0 Å². The number of aryl methyl sites for hydroxylation is 1. The predicted molar refractivity (Wildman–Crippen MR) is 74.2 cm³/mol. The van der Waals surface area contributed by atoms with Crippen molar-refractivity contribution in [3.8, 4) is 5.75 Å². The quantitative estimate of drug-likeness (QED) is 0.919. The first-order valence-electron chi connectivity index (χ1n) is 6.43. The van der Waals surface area contributed by atoms with Crippen LogP contribution in [0, 0.1) is 6.92 Å². The summed E-state index contributed by atoms with van der Waals surface area (Å²) in [4.78, 5) is 0. The van der Waals surface area contributed by atoms with E-state index >= 15 is 0 Å². The minimum absolute atomic E-state index is 0.0725. The van der Waals surface area contributed by atoms with Gasteiger partial charge in [-0.05, 0) is 26.8 Å². The second kappa shape index (κ2) is 5.45. The highest BCUT2D eigenvalue weighted by Crippen LogP contribution is 2.31. The van der Waals surface area contributed by atoms with Crippen LogP contribution in [-0.2, 0) is 7.05 Å². The van der Waals surface area contributed by atoms with Crippen LogP contribution in [0.1, 0.15) is 36.8 Å². The number of aliphatic hydroxyl groups is 1. The molecular formula is C15H20N2O2. The molecule has 2 rings (SSSR count). The molecule has 1 aromatic heterocycles. The van der Waals surface area contributed by atoms with E-state index in [1.54, 1.807) is 10.9 Å². The zero-order valence-electron chi connectivity index (χ0n) is 11.8. The Bertz CT molecular complexity index is 561. The van der Waals surface area contributed by atoms with Crippen molar-refractivity contribution in [2.45, 2.75) is 33.0 Å². The summed E-state index contributed by atoms with van der Waals surface area (Å²) in [7, 11) is 1.86. The largest absolute Gasteiger partial charge is 0.491 e. The first-order valence-corrected chi connectivity index (χ1v) is 6.43. The van der Waals surface area contributed by atoms with Crippen LogP contribution in [0.15, 0.2) is 30.5 Å². The van der Waals surface area contributed by atoms with Gasteiger partial charge in [-0.1, -0.05) is 18.2 Å². The zero-order chi connectivity index (χ0) is 14.0. The lowest BCUT2D eigenvalue weighted by Crippen LogP contribution is -2.10. The van der Waals surface area contributed by atoms with E-state index in [0.29, 0.717) is 5.75 Å². The molecule has 1 unspecified atom stereocenters. The molecule has 0 saturated heterocycles. The second-order valence-electron chi connectivity index (χ2n) is 4.92. The van der Waals surface area contributed by atoms with Crippen LogP contribution >= 0.6 is 0 Å². The van der Waals surface area contributed by atoms with E-state index < -0.39 is 6.10 Å². The van der Waals surface area contributed by atoms with Gasteiger partial charge in [-0.3, -0.25) is 4.68 Å². The molecule has 102 valence electrons. The number of aromatic nitrogens is 2. The summed E-state index contributed by atoms with van der Waals surface area (Å²) in [6.45, 7) is 5.88. The molecule has 0 aliphatic carbocycles. The molecule has 4 nitrogen and oxygen atoms in total. The minimum atomic E-state index is -0.719. The summed E-state index contributed by atoms with van der Waals surface area (Å²) in [5, 5.41) is 14.7. The van der Waals surface area contributed by atoms with E-state index in [-0.39, 0.29) is 6.10 Å². The van der Waals surface area contributed by atoms with Gasteiger partial charge < -0.3 is 9.84 Å². The second-order valence-corrected chi connectivity index (χ2v) is 4.92. The van der Waals surface area contributed by atoms with Gasteiger partial charge in [0.05, 0.1) is 12.3 Å². The molecule has 1 heterocycles. The number of hydrogen-bond donors (Lipinski definition) is 1. The summed E-state index contributed by atoms with van der Waals surface area (Å²) in [5.41, 5.74) is 2.53. The maximum absolute atomic E-state index is 10.5. The highest BCUT2D eigenvalue weighted by atomic mass is 16.5. The van der Waals surface area contributed by atoms with E-state index in [2.05, 4.69) is 5.10 Å². The molecule has 0 radical (unpaired) electrons. The summed E-state index contributed by atoms with van der Waals surface area (Å²) in [6, 6.07) is 7.57. The fraction of sp³-hybridized carbons (Fsp3) is 0.400. The van der Waals surface area contributed by atoms with Gasteiger partial charge in [0, 0.05) is 23.9 Å². The Labute approximate surface area is 113 Å². The summed E-state index contributed by atoms with van der Waals surface area (Å²) >= 11 is 0. The third-order valence-corrected chi connectivity index (χ3v) is 3.14. The fourth-order valence-electron chi connectivity index (χ4n) is 2.02. The van der Waals surface area contributed by atoms with Gasteiger partial charge in [0.15, 0.2) is 0 Å². The van der Waals surface area contributed by atoms with Gasteiger partial charge in [-0.25, -0.2) is 0 Å². The Morgan fingerprint density at radius 3 is 2.47 bits per heavy atom. The highest BCUT2D eigenvalue weighted by molar-refractivity contribution is 5.40. The lowest BCUT2D eigenvalue weighted by molar-refractivity contribution is 0.197. The third-order valence-electron chi connectivity index (χ3n) is 3.14. The van der Waals surface area contributed by atoms with E-state index in [1.807, 2.05) is 52.1 Å². The van der Waals surface area contributed by atoms with Crippen molar-refractivity contribution >= 4 is 0 Å². The van der Waals surface area contributed by atoms with Gasteiger partial charge >= 0.3 is 0 Å². The molecule has 1 atom stereocenters. The molecule has 0 saturated carbocycles. The number of para-hydroxylation sites is 1. The first kappa shape index (κ1) is 13.6. The molecule has 1 aromatic carbocycles. The molecular weight excluding hydrogens is 240 g/mol. The molecule has 4 heteroatoms. The Kier molecular flexibility index (Phi) is 3.90. The number of nitrogens with zero attached hydrogens (tertiary/aromatic N) is 2. The van der Waals surface area contributed by atoms with Crippen molar-refractivity contribution in [2.75, 3.05) is 0 Å². The van der Waals surface area contributed by atoms with Crippen LogP contribution in [0.4, 0.5) is 0 Å². The van der Waals surface area contributed by atoms with Gasteiger partial charge in [-0.2, -0.15) is 5.10 Å². The molecule has 0 bridgehead atoms.